The highest BCUT2D eigenvalue weighted by atomic mass is 19.1. The molecule has 7 amide bonds. The van der Waals surface area contributed by atoms with Crippen LogP contribution in [-0.4, -0.2) is 126 Å². The van der Waals surface area contributed by atoms with E-state index in [1.54, 1.807) is 31.2 Å². The van der Waals surface area contributed by atoms with Gasteiger partial charge in [-0.15, -0.1) is 0 Å². The SMILES string of the molecule is CCCNC(=O)Nc1ccc(-c2c(C#N)c3ccc(OCC)cc3n2CC(C)C)cc1.CCCn1c(-c2ccc(NC(=O)OC)cc2)c(C#N)c2ccc(OCC)cc21.CCCn1c(-c2ccc(NC(=O)OCC)cc2)c(C#N)c2ccc(OCC)cc21.CCCn1c(-c2ccc(NC(=O)OCCF)cc2)c(C#N)c2ccc(OCC)cc21.CCNC(=O)Nc1ccc(-c2c(C#N)c3ccc(OCC)cc3n2CC(C)C)cc1. The van der Waals surface area contributed by atoms with Crippen molar-refractivity contribution in [3.63, 3.8) is 0 Å². The maximum absolute atomic E-state index is 12.1. The fourth-order valence-corrected chi connectivity index (χ4v) is 17.5. The van der Waals surface area contributed by atoms with E-state index in [4.69, 9.17) is 28.4 Å². The van der Waals surface area contributed by atoms with Crippen molar-refractivity contribution >= 4 is 113 Å². The lowest BCUT2D eigenvalue weighted by Crippen LogP contribution is -2.29. The summed E-state index contributed by atoms with van der Waals surface area (Å²) in [5, 5.41) is 73.2. The van der Waals surface area contributed by atoms with E-state index in [2.05, 4.69) is 148 Å². The quantitative estimate of drug-likeness (QED) is 0.0179. The smallest absolute Gasteiger partial charge is 0.411 e. The highest BCUT2D eigenvalue weighted by Gasteiger charge is 2.27. The summed E-state index contributed by atoms with van der Waals surface area (Å²) in [6.45, 7) is 37.7. The van der Waals surface area contributed by atoms with Gasteiger partial charge in [0.15, 0.2) is 0 Å². The predicted octanol–water partition coefficient (Wildman–Crippen LogP) is 27.4. The number of carbonyl (C=O) groups is 5. The van der Waals surface area contributed by atoms with E-state index in [0.717, 1.165) is 198 Å². The van der Waals surface area contributed by atoms with Gasteiger partial charge in [-0.05, 0) is 235 Å². The number of nitrogens with one attached hydrogen (secondary N) is 7. The largest absolute Gasteiger partial charge is 0.494 e. The third kappa shape index (κ3) is 27.6. The topological polar surface area (TPSA) is 387 Å². The highest BCUT2D eigenvalue weighted by Crippen LogP contribution is 2.44. The van der Waals surface area contributed by atoms with Crippen LogP contribution in [-0.2, 0) is 46.9 Å². The lowest BCUT2D eigenvalue weighted by atomic mass is 10.1. The Bertz CT molecular complexity index is 7330. The van der Waals surface area contributed by atoms with E-state index >= 15 is 0 Å². The Labute approximate surface area is 863 Å². The number of methoxy groups -OCH3 is 1. The second-order valence-corrected chi connectivity index (χ2v) is 34.9. The number of halogens is 1. The second-order valence-electron chi connectivity index (χ2n) is 34.9. The van der Waals surface area contributed by atoms with Crippen molar-refractivity contribution in [1.82, 2.24) is 33.5 Å². The number of benzene rings is 10. The first-order valence-electron chi connectivity index (χ1n) is 50.2. The van der Waals surface area contributed by atoms with E-state index in [1.807, 2.05) is 237 Å². The van der Waals surface area contributed by atoms with Crippen molar-refractivity contribution in [3.05, 3.63) is 240 Å². The molecule has 0 atom stereocenters. The molecule has 0 spiro atoms. The minimum Gasteiger partial charge on any atom is -0.494 e. The minimum absolute atomic E-state index is 0.218. The minimum atomic E-state index is -0.726. The fraction of sp³-hybridized carbons (Fsp3) is 0.316. The summed E-state index contributed by atoms with van der Waals surface area (Å²) in [5.41, 5.74) is 20.2. The highest BCUT2D eigenvalue weighted by molar-refractivity contribution is 6.02. The van der Waals surface area contributed by atoms with Crippen LogP contribution in [0.4, 0.5) is 56.8 Å². The van der Waals surface area contributed by atoms with Gasteiger partial charge < -0.3 is 82.0 Å². The molecule has 15 rings (SSSR count). The van der Waals surface area contributed by atoms with E-state index in [-0.39, 0.29) is 18.7 Å². The average Bonchev–Trinajstić information content (AvgIpc) is 1.63. The molecule has 0 aliphatic rings. The van der Waals surface area contributed by atoms with Gasteiger partial charge in [0.1, 0.15) is 72.4 Å². The van der Waals surface area contributed by atoms with E-state index in [1.165, 1.54) is 7.11 Å². The fourth-order valence-electron chi connectivity index (χ4n) is 17.5. The summed E-state index contributed by atoms with van der Waals surface area (Å²) in [6, 6.07) is 77.9. The van der Waals surface area contributed by atoms with Gasteiger partial charge in [-0.25, -0.2) is 28.4 Å². The van der Waals surface area contributed by atoms with Crippen LogP contribution < -0.4 is 60.9 Å². The lowest BCUT2D eigenvalue weighted by Gasteiger charge is -2.15. The van der Waals surface area contributed by atoms with Crippen molar-refractivity contribution in [1.29, 1.82) is 26.3 Å². The van der Waals surface area contributed by atoms with E-state index in [9.17, 15) is 54.7 Å². The molecule has 31 heteroatoms. The third-order valence-electron chi connectivity index (χ3n) is 23.4. The molecular weight excluding hydrogens is 1870 g/mol. The number of urea groups is 2. The molecule has 768 valence electrons. The number of amides is 7. The Morgan fingerprint density at radius 2 is 0.561 bits per heavy atom. The number of hydrogen-bond acceptors (Lipinski definition) is 18. The van der Waals surface area contributed by atoms with Gasteiger partial charge >= 0.3 is 30.3 Å². The maximum atomic E-state index is 12.1. The first-order chi connectivity index (χ1) is 71.8. The first-order valence-corrected chi connectivity index (χ1v) is 50.2. The Balaban J connectivity index is 0.000000176. The average molecular weight is 2000 g/mol. The molecule has 0 radical (unpaired) electrons. The Kier molecular flexibility index (Phi) is 41.2. The summed E-state index contributed by atoms with van der Waals surface area (Å²) >= 11 is 0. The molecule has 0 bridgehead atoms. The molecule has 10 aromatic carbocycles. The predicted molar refractivity (Wildman–Crippen MR) is 584 cm³/mol. The maximum Gasteiger partial charge on any atom is 0.411 e. The molecule has 0 aliphatic heterocycles. The van der Waals surface area contributed by atoms with Crippen LogP contribution in [0.5, 0.6) is 28.7 Å². The van der Waals surface area contributed by atoms with Gasteiger partial charge in [0.2, 0.25) is 0 Å². The van der Waals surface area contributed by atoms with E-state index < -0.39 is 25.0 Å². The van der Waals surface area contributed by atoms with Crippen LogP contribution in [0.25, 0.3) is 111 Å². The number of rotatable bonds is 36. The molecule has 148 heavy (non-hydrogen) atoms. The number of hydrogen-bond donors (Lipinski definition) is 7. The normalized spacial score (nSPS) is 10.7. The van der Waals surface area contributed by atoms with Gasteiger partial charge in [0, 0.05) is 132 Å². The van der Waals surface area contributed by atoms with Crippen LogP contribution in [0, 0.1) is 68.5 Å². The van der Waals surface area contributed by atoms with Crippen LogP contribution >= 0.6 is 0 Å². The van der Waals surface area contributed by atoms with Gasteiger partial charge in [-0.1, -0.05) is 116 Å². The summed E-state index contributed by atoms with van der Waals surface area (Å²) in [4.78, 5) is 58.3. The zero-order valence-electron chi connectivity index (χ0n) is 87.0. The monoisotopic (exact) mass is 2000 g/mol. The number of ether oxygens (including phenoxy) is 8. The van der Waals surface area contributed by atoms with Crippen molar-refractivity contribution in [2.75, 3.05) is 99.7 Å². The van der Waals surface area contributed by atoms with Crippen LogP contribution in [0.3, 0.4) is 0 Å². The first kappa shape index (κ1) is 111. The number of aryl methyl sites for hydroxylation is 3. The van der Waals surface area contributed by atoms with Crippen LogP contribution in [0.15, 0.2) is 212 Å². The molecule has 0 unspecified atom stereocenters. The Morgan fingerprint density at radius 3 is 0.791 bits per heavy atom. The molecular formula is C117H130FN17O13. The van der Waals surface area contributed by atoms with Crippen molar-refractivity contribution < 1.29 is 66.3 Å². The Morgan fingerprint density at radius 1 is 0.311 bits per heavy atom. The molecule has 0 saturated carbocycles. The Hall–Kier alpha value is -17.4. The molecule has 15 aromatic rings. The van der Waals surface area contributed by atoms with E-state index in [0.29, 0.717) is 121 Å². The van der Waals surface area contributed by atoms with Gasteiger partial charge in [0.25, 0.3) is 0 Å². The number of anilines is 5. The molecule has 7 N–H and O–H groups in total. The summed E-state index contributed by atoms with van der Waals surface area (Å²) < 4.78 is 65.6. The number of fused-ring (bicyclic) bond motifs is 5. The van der Waals surface area contributed by atoms with Crippen LogP contribution in [0.2, 0.25) is 0 Å². The second kappa shape index (κ2) is 54.9. The zero-order chi connectivity index (χ0) is 106. The zero-order valence-corrected chi connectivity index (χ0v) is 87.0. The van der Waals surface area contributed by atoms with Crippen molar-refractivity contribution in [3.8, 4) is 115 Å². The molecule has 0 fully saturated rings. The van der Waals surface area contributed by atoms with Gasteiger partial charge in [0.05, 0.1) is 131 Å². The van der Waals surface area contributed by atoms with Gasteiger partial charge in [-0.2, -0.15) is 26.3 Å². The number of carbonyl (C=O) groups excluding carboxylic acids is 5. The standard InChI is InChI=1S/C25H30N4O2.C24H28N4O2.C23H24FN3O3.C23H25N3O3.C22H23N3O3/c1-5-13-27-25(30)28-19-9-7-18(8-10-19)24-22(15-26)21-12-11-20(31-6-2)14-23(21)29(24)16-17(3)4;1-5-26-24(29)27-18-9-7-17(8-10-18)23-21(14-25)20-12-11-19(30-6-2)13-22(20)28(23)15-16(3)4;1-3-12-27-21-14-18(29-4-2)9-10-19(21)20(15-25)22(27)16-5-7-17(8-6-16)26-23(28)30-13-11-24;1-4-13-26-21-14-18(28-5-2)11-12-19(21)20(15-24)22(26)16-7-9-17(10-8-16)25-23(27)29-6-3;1-4-12-25-20-13-17(28-5-2)10-11-18(20)19(14-23)21(25)15-6-8-16(9-7-15)24-22(26)27-3/h7-12,14,17H,5-6,13,16H2,1-4H3,(H2,27,28,30);7-13,16H,5-6,15H2,1-4H3,(H2,26,27,29);5-10,14H,3-4,11-13H2,1-2H3,(H,26,28);7-12,14H,4-6,13H2,1-3H3,(H,25,27);6-11,13H,4-5,12H2,1-3H3,(H,24,26). The molecule has 0 aliphatic carbocycles. The molecule has 5 heterocycles. The number of nitrogens with zero attached hydrogens (tertiary/aromatic N) is 10. The number of alkyl halides is 1. The lowest BCUT2D eigenvalue weighted by molar-refractivity contribution is 0.152. The summed E-state index contributed by atoms with van der Waals surface area (Å²) in [7, 11) is 1.32. The van der Waals surface area contributed by atoms with Crippen LogP contribution in [0.1, 0.15) is 157 Å². The van der Waals surface area contributed by atoms with Crippen molar-refractivity contribution in [2.24, 2.45) is 11.8 Å². The molecule has 5 aromatic heterocycles. The van der Waals surface area contributed by atoms with Crippen molar-refractivity contribution in [2.45, 2.75) is 162 Å². The molecule has 0 saturated heterocycles. The summed E-state index contributed by atoms with van der Waals surface area (Å²) in [5.74, 6) is 4.75. The summed E-state index contributed by atoms with van der Waals surface area (Å²) in [6.07, 6.45) is 1.94. The third-order valence-corrected chi connectivity index (χ3v) is 23.4. The number of nitriles is 5. The number of aromatic nitrogens is 5. The van der Waals surface area contributed by atoms with Gasteiger partial charge in [-0.3, -0.25) is 16.0 Å². The molecule has 30 nitrogen and oxygen atoms in total.